The maximum absolute atomic E-state index is 11.9. The zero-order valence-corrected chi connectivity index (χ0v) is 18.4. The molecule has 3 rings (SSSR count). The molecule has 1 fully saturated rings. The molecule has 9 heteroatoms. The third-order valence-corrected chi connectivity index (χ3v) is 5.09. The fourth-order valence-corrected chi connectivity index (χ4v) is 4.01. The first-order valence-electron chi connectivity index (χ1n) is 9.67. The van der Waals surface area contributed by atoms with Crippen LogP contribution in [-0.4, -0.2) is 47.3 Å². The summed E-state index contributed by atoms with van der Waals surface area (Å²) in [5.74, 6) is 0. The number of hydrogen-bond donors (Lipinski definition) is 4. The Hall–Kier alpha value is -2.00. The Morgan fingerprint density at radius 1 is 1.46 bits per heavy atom. The number of piperidine rings is 1. The van der Waals surface area contributed by atoms with E-state index in [2.05, 4.69) is 53.9 Å². The molecule has 0 aromatic carbocycles. The van der Waals surface area contributed by atoms with Gasteiger partial charge in [0.05, 0.1) is 21.2 Å². The predicted molar refractivity (Wildman–Crippen MR) is 116 cm³/mol. The molecule has 2 aromatic heterocycles. The molecular formula is C19H29BrN6O2. The molecule has 0 unspecified atom stereocenters. The minimum Gasteiger partial charge on any atom is -0.443 e. The lowest BCUT2D eigenvalue weighted by atomic mass is 10.0. The van der Waals surface area contributed by atoms with Gasteiger partial charge in [-0.3, -0.25) is 5.43 Å². The fraction of sp³-hybridized carbons (Fsp3) is 0.579. The van der Waals surface area contributed by atoms with E-state index in [1.165, 1.54) is 0 Å². The summed E-state index contributed by atoms with van der Waals surface area (Å²) in [6.07, 6.45) is 5.33. The number of nitrogens with one attached hydrogen (secondary N) is 4. The lowest BCUT2D eigenvalue weighted by Crippen LogP contribution is -2.53. The zero-order valence-electron chi connectivity index (χ0n) is 16.9. The number of H-pyrrole nitrogens is 1. The van der Waals surface area contributed by atoms with Crippen molar-refractivity contribution in [2.24, 2.45) is 0 Å². The van der Waals surface area contributed by atoms with E-state index in [0.29, 0.717) is 0 Å². The summed E-state index contributed by atoms with van der Waals surface area (Å²) in [7, 11) is 0. The first-order valence-corrected chi connectivity index (χ1v) is 10.5. The number of halogens is 1. The number of hydrogen-bond acceptors (Lipinski definition) is 6. The van der Waals surface area contributed by atoms with Crippen molar-refractivity contribution in [3.63, 3.8) is 0 Å². The van der Waals surface area contributed by atoms with Gasteiger partial charge in [0.15, 0.2) is 0 Å². The van der Waals surface area contributed by atoms with Crippen LogP contribution in [0.5, 0.6) is 0 Å². The van der Waals surface area contributed by atoms with Crippen LogP contribution in [0.15, 0.2) is 16.9 Å². The summed E-state index contributed by atoms with van der Waals surface area (Å²) in [5, 5.41) is 4.48. The van der Waals surface area contributed by atoms with Gasteiger partial charge >= 0.3 is 6.09 Å². The van der Waals surface area contributed by atoms with Crippen LogP contribution in [0.1, 0.15) is 40.5 Å². The Labute approximate surface area is 173 Å². The number of rotatable bonds is 5. The number of hydrazine groups is 1. The summed E-state index contributed by atoms with van der Waals surface area (Å²) in [4.78, 5) is 22.0. The van der Waals surface area contributed by atoms with Crippen molar-refractivity contribution in [1.82, 2.24) is 20.8 Å². The summed E-state index contributed by atoms with van der Waals surface area (Å²) >= 11 is 3.68. The average Bonchev–Trinajstić information content (AvgIpc) is 3.02. The van der Waals surface area contributed by atoms with Crippen LogP contribution in [0.25, 0.3) is 11.0 Å². The molecule has 28 heavy (non-hydrogen) atoms. The molecule has 0 spiro atoms. The van der Waals surface area contributed by atoms with Gasteiger partial charge in [-0.2, -0.15) is 0 Å². The second-order valence-electron chi connectivity index (χ2n) is 7.97. The largest absolute Gasteiger partial charge is 0.443 e. The average molecular weight is 453 g/mol. The Bertz CT molecular complexity index is 832. The van der Waals surface area contributed by atoms with Gasteiger partial charge in [-0.05, 0) is 56.5 Å². The smallest absolute Gasteiger partial charge is 0.422 e. The summed E-state index contributed by atoms with van der Waals surface area (Å²) in [6, 6.07) is 0.123. The van der Waals surface area contributed by atoms with Gasteiger partial charge in [0.1, 0.15) is 11.2 Å². The molecule has 1 atom stereocenters. The molecule has 3 heterocycles. The van der Waals surface area contributed by atoms with Crippen LogP contribution in [-0.2, 0) is 4.74 Å². The number of aromatic nitrogens is 2. The van der Waals surface area contributed by atoms with Gasteiger partial charge in [-0.25, -0.2) is 15.2 Å². The van der Waals surface area contributed by atoms with Crippen molar-refractivity contribution in [2.75, 3.05) is 29.9 Å². The summed E-state index contributed by atoms with van der Waals surface area (Å²) in [6.45, 7) is 10.2. The van der Waals surface area contributed by atoms with Crippen LogP contribution >= 0.6 is 15.9 Å². The van der Waals surface area contributed by atoms with E-state index < -0.39 is 11.7 Å². The lowest BCUT2D eigenvalue weighted by molar-refractivity contribution is 0.0485. The van der Waals surface area contributed by atoms with Gasteiger partial charge in [-0.1, -0.05) is 0 Å². The van der Waals surface area contributed by atoms with Crippen LogP contribution in [0, 0.1) is 0 Å². The maximum atomic E-state index is 11.9. The Kier molecular flexibility index (Phi) is 6.34. The van der Waals surface area contributed by atoms with Gasteiger partial charge in [0.2, 0.25) is 0 Å². The Morgan fingerprint density at radius 2 is 2.25 bits per heavy atom. The number of ether oxygens (including phenoxy) is 1. The molecule has 4 N–H and O–H groups in total. The minimum atomic E-state index is -0.519. The molecule has 1 amide bonds. The molecule has 1 saturated heterocycles. The number of nitrogens with zero attached hydrogens (tertiary/aromatic N) is 2. The highest BCUT2D eigenvalue weighted by Crippen LogP contribution is 2.38. The van der Waals surface area contributed by atoms with Crippen LogP contribution in [0.4, 0.5) is 16.2 Å². The molecule has 0 saturated carbocycles. The first-order chi connectivity index (χ1) is 13.3. The summed E-state index contributed by atoms with van der Waals surface area (Å²) < 4.78 is 6.25. The highest BCUT2D eigenvalue weighted by molar-refractivity contribution is 9.10. The van der Waals surface area contributed by atoms with Crippen molar-refractivity contribution in [2.45, 2.75) is 52.2 Å². The standard InChI is InChI=1S/C19H29BrN6O2/c1-5-21-14-10-23-17-15(14)16(13(20)9-22-17)26-8-6-7-12(11-26)24-25-18(27)28-19(2,3)4/h9-10,12,21,24H,5-8,11H2,1-4H3,(H,22,23)(H,25,27)/t12-/m1/s1. The highest BCUT2D eigenvalue weighted by Gasteiger charge is 2.26. The number of amides is 1. The van der Waals surface area contributed by atoms with E-state index in [9.17, 15) is 4.79 Å². The number of aromatic amines is 1. The van der Waals surface area contributed by atoms with Gasteiger partial charge in [0.25, 0.3) is 0 Å². The second kappa shape index (κ2) is 8.57. The van der Waals surface area contributed by atoms with Crippen LogP contribution < -0.4 is 21.1 Å². The quantitative estimate of drug-likeness (QED) is 0.516. The molecular weight excluding hydrogens is 424 g/mol. The van der Waals surface area contributed by atoms with E-state index in [1.807, 2.05) is 33.2 Å². The molecule has 1 aliphatic rings. The predicted octanol–water partition coefficient (Wildman–Crippen LogP) is 3.76. The molecule has 8 nitrogen and oxygen atoms in total. The fourth-order valence-electron chi connectivity index (χ4n) is 3.46. The van der Waals surface area contributed by atoms with E-state index >= 15 is 0 Å². The van der Waals surface area contributed by atoms with Crippen LogP contribution in [0.2, 0.25) is 0 Å². The molecule has 0 radical (unpaired) electrons. The SMILES string of the molecule is CCNc1c[nH]c2ncc(Br)c(N3CCC[C@@H](NNC(=O)OC(C)(C)C)C3)c12. The Balaban J connectivity index is 1.75. The van der Waals surface area contributed by atoms with E-state index in [4.69, 9.17) is 4.74 Å². The second-order valence-corrected chi connectivity index (χ2v) is 8.82. The van der Waals surface area contributed by atoms with Gasteiger partial charge < -0.3 is 19.9 Å². The molecule has 1 aliphatic heterocycles. The van der Waals surface area contributed by atoms with Crippen molar-refractivity contribution in [3.05, 3.63) is 16.9 Å². The van der Waals surface area contributed by atoms with Gasteiger partial charge in [-0.15, -0.1) is 0 Å². The third kappa shape index (κ3) is 4.88. The monoisotopic (exact) mass is 452 g/mol. The molecule has 0 aliphatic carbocycles. The summed E-state index contributed by atoms with van der Waals surface area (Å²) in [5.41, 5.74) is 8.30. The van der Waals surface area contributed by atoms with E-state index in [-0.39, 0.29) is 6.04 Å². The number of anilines is 2. The third-order valence-electron chi connectivity index (χ3n) is 4.51. The number of pyridine rings is 1. The first kappa shape index (κ1) is 20.7. The van der Waals surface area contributed by atoms with Crippen molar-refractivity contribution in [1.29, 1.82) is 0 Å². The zero-order chi connectivity index (χ0) is 20.3. The van der Waals surface area contributed by atoms with E-state index in [1.54, 1.807) is 0 Å². The molecule has 154 valence electrons. The van der Waals surface area contributed by atoms with Crippen molar-refractivity contribution >= 4 is 44.4 Å². The minimum absolute atomic E-state index is 0.123. The van der Waals surface area contributed by atoms with E-state index in [0.717, 1.165) is 59.4 Å². The van der Waals surface area contributed by atoms with Gasteiger partial charge in [0, 0.05) is 38.1 Å². The van der Waals surface area contributed by atoms with Crippen molar-refractivity contribution in [3.8, 4) is 0 Å². The Morgan fingerprint density at radius 3 is 2.96 bits per heavy atom. The topological polar surface area (TPSA) is 94.3 Å². The lowest BCUT2D eigenvalue weighted by Gasteiger charge is -2.36. The normalized spacial score (nSPS) is 17.6. The highest BCUT2D eigenvalue weighted by atomic mass is 79.9. The molecule has 0 bridgehead atoms. The number of fused-ring (bicyclic) bond motifs is 1. The van der Waals surface area contributed by atoms with Crippen molar-refractivity contribution < 1.29 is 9.53 Å². The number of carbonyl (C=O) groups is 1. The maximum Gasteiger partial charge on any atom is 0.422 e. The molecule has 2 aromatic rings. The number of carbonyl (C=O) groups excluding carboxylic acids is 1. The van der Waals surface area contributed by atoms with Crippen LogP contribution in [0.3, 0.4) is 0 Å².